The van der Waals surface area contributed by atoms with E-state index in [9.17, 15) is 8.42 Å². The topological polar surface area (TPSA) is 70.0 Å². The number of nitrogens with zero attached hydrogens (tertiary/aromatic N) is 1. The maximum atomic E-state index is 12.3. The summed E-state index contributed by atoms with van der Waals surface area (Å²) in [5, 5.41) is 9.03. The molecular formula is C16H16N2O2S. The quantitative estimate of drug-likeness (QED) is 0.943. The number of nitrogens with one attached hydrogen (secondary N) is 1. The van der Waals surface area contributed by atoms with E-state index in [1.807, 2.05) is 38.1 Å². The zero-order chi connectivity index (χ0) is 15.5. The summed E-state index contributed by atoms with van der Waals surface area (Å²) >= 11 is 0. The number of benzene rings is 2. The van der Waals surface area contributed by atoms with Crippen molar-refractivity contribution in [1.82, 2.24) is 0 Å². The standard InChI is InChI=1S/C16H16N2O2S/c1-12-6-5-7-13(2)16(12)18-21(19,20)11-15-9-4-3-8-14(15)10-17/h3-9,18H,11H2,1-2H3. The Balaban J connectivity index is 2.30. The number of sulfonamides is 1. The van der Waals surface area contributed by atoms with Crippen molar-refractivity contribution >= 4 is 15.7 Å². The molecule has 5 heteroatoms. The smallest absolute Gasteiger partial charge is 0.236 e. The highest BCUT2D eigenvalue weighted by Gasteiger charge is 2.16. The molecule has 4 nitrogen and oxygen atoms in total. The number of rotatable bonds is 4. The Hall–Kier alpha value is -2.32. The van der Waals surface area contributed by atoms with E-state index in [1.54, 1.807) is 24.3 Å². The number of hydrogen-bond acceptors (Lipinski definition) is 3. The van der Waals surface area contributed by atoms with Crippen LogP contribution >= 0.6 is 0 Å². The number of para-hydroxylation sites is 1. The van der Waals surface area contributed by atoms with Crippen LogP contribution in [0.25, 0.3) is 0 Å². The van der Waals surface area contributed by atoms with Crippen molar-refractivity contribution in [1.29, 1.82) is 5.26 Å². The van der Waals surface area contributed by atoms with Gasteiger partial charge in [-0.25, -0.2) is 8.42 Å². The van der Waals surface area contributed by atoms with Gasteiger partial charge in [-0.3, -0.25) is 4.72 Å². The minimum absolute atomic E-state index is 0.218. The average molecular weight is 300 g/mol. The van der Waals surface area contributed by atoms with Crippen LogP contribution in [0.2, 0.25) is 0 Å². The lowest BCUT2D eigenvalue weighted by Crippen LogP contribution is -2.17. The molecule has 0 heterocycles. The molecule has 0 aromatic heterocycles. The van der Waals surface area contributed by atoms with E-state index < -0.39 is 10.0 Å². The Morgan fingerprint density at radius 2 is 1.67 bits per heavy atom. The van der Waals surface area contributed by atoms with Crippen LogP contribution in [-0.2, 0) is 15.8 Å². The molecule has 0 unspecified atom stereocenters. The molecule has 0 atom stereocenters. The van der Waals surface area contributed by atoms with Gasteiger partial charge in [0.1, 0.15) is 0 Å². The van der Waals surface area contributed by atoms with Crippen LogP contribution in [0.4, 0.5) is 5.69 Å². The molecular weight excluding hydrogens is 284 g/mol. The third-order valence-electron chi connectivity index (χ3n) is 3.22. The molecule has 0 saturated heterocycles. The summed E-state index contributed by atoms with van der Waals surface area (Å²) in [6, 6.07) is 14.3. The van der Waals surface area contributed by atoms with E-state index in [1.165, 1.54) is 0 Å². The summed E-state index contributed by atoms with van der Waals surface area (Å²) < 4.78 is 27.3. The van der Waals surface area contributed by atoms with Crippen LogP contribution < -0.4 is 4.72 Å². The summed E-state index contributed by atoms with van der Waals surface area (Å²) in [6.45, 7) is 3.71. The van der Waals surface area contributed by atoms with Crippen LogP contribution in [0.1, 0.15) is 22.3 Å². The van der Waals surface area contributed by atoms with Crippen molar-refractivity contribution in [2.45, 2.75) is 19.6 Å². The lowest BCUT2D eigenvalue weighted by atomic mass is 10.1. The van der Waals surface area contributed by atoms with Gasteiger partial charge in [0, 0.05) is 0 Å². The van der Waals surface area contributed by atoms with E-state index in [-0.39, 0.29) is 5.75 Å². The first-order valence-corrected chi connectivity index (χ1v) is 8.13. The number of nitriles is 1. The van der Waals surface area contributed by atoms with Crippen molar-refractivity contribution in [2.75, 3.05) is 4.72 Å². The Labute approximate surface area is 125 Å². The molecule has 0 aliphatic heterocycles. The van der Waals surface area contributed by atoms with Gasteiger partial charge < -0.3 is 0 Å². The first kappa shape index (κ1) is 15.1. The molecule has 0 radical (unpaired) electrons. The molecule has 0 aliphatic rings. The predicted octanol–water partition coefficient (Wildman–Crippen LogP) is 3.12. The lowest BCUT2D eigenvalue weighted by Gasteiger charge is -2.13. The highest BCUT2D eigenvalue weighted by molar-refractivity contribution is 7.91. The van der Waals surface area contributed by atoms with Crippen molar-refractivity contribution in [3.63, 3.8) is 0 Å². The van der Waals surface area contributed by atoms with Crippen LogP contribution in [0.3, 0.4) is 0 Å². The van der Waals surface area contributed by atoms with Gasteiger partial charge in [0.05, 0.1) is 23.1 Å². The maximum Gasteiger partial charge on any atom is 0.236 e. The highest BCUT2D eigenvalue weighted by atomic mass is 32.2. The molecule has 0 fully saturated rings. The second-order valence-electron chi connectivity index (χ2n) is 4.90. The molecule has 0 saturated carbocycles. The fourth-order valence-corrected chi connectivity index (χ4v) is 3.49. The van der Waals surface area contributed by atoms with Crippen molar-refractivity contribution < 1.29 is 8.42 Å². The van der Waals surface area contributed by atoms with Gasteiger partial charge in [-0.05, 0) is 36.6 Å². The molecule has 0 aliphatic carbocycles. The Morgan fingerprint density at radius 1 is 1.05 bits per heavy atom. The molecule has 108 valence electrons. The van der Waals surface area contributed by atoms with E-state index >= 15 is 0 Å². The fourth-order valence-electron chi connectivity index (χ4n) is 2.13. The third kappa shape index (κ3) is 3.61. The lowest BCUT2D eigenvalue weighted by molar-refractivity contribution is 0.600. The normalized spacial score (nSPS) is 10.9. The van der Waals surface area contributed by atoms with Crippen LogP contribution in [0.15, 0.2) is 42.5 Å². The average Bonchev–Trinajstić information content (AvgIpc) is 2.43. The number of aryl methyl sites for hydroxylation is 2. The van der Waals surface area contributed by atoms with Gasteiger partial charge in [-0.15, -0.1) is 0 Å². The van der Waals surface area contributed by atoms with Gasteiger partial charge in [-0.1, -0.05) is 36.4 Å². The van der Waals surface area contributed by atoms with Crippen LogP contribution in [0.5, 0.6) is 0 Å². The SMILES string of the molecule is Cc1cccc(C)c1NS(=O)(=O)Cc1ccccc1C#N. The molecule has 0 bridgehead atoms. The molecule has 1 N–H and O–H groups in total. The Kier molecular flexibility index (Phi) is 4.29. The molecule has 21 heavy (non-hydrogen) atoms. The molecule has 2 aromatic carbocycles. The molecule has 0 amide bonds. The third-order valence-corrected chi connectivity index (χ3v) is 4.43. The van der Waals surface area contributed by atoms with Crippen LogP contribution in [-0.4, -0.2) is 8.42 Å². The summed E-state index contributed by atoms with van der Waals surface area (Å²) in [7, 11) is -3.57. The minimum Gasteiger partial charge on any atom is -0.283 e. The maximum absolute atomic E-state index is 12.3. The summed E-state index contributed by atoms with van der Waals surface area (Å²) in [5.74, 6) is -0.218. The van der Waals surface area contributed by atoms with Gasteiger partial charge >= 0.3 is 0 Å². The molecule has 2 rings (SSSR count). The fraction of sp³-hybridized carbons (Fsp3) is 0.188. The monoisotopic (exact) mass is 300 g/mol. The first-order chi connectivity index (χ1) is 9.93. The summed E-state index contributed by atoms with van der Waals surface area (Å²) in [5.41, 5.74) is 3.22. The Morgan fingerprint density at radius 3 is 2.29 bits per heavy atom. The van der Waals surface area contributed by atoms with E-state index in [0.717, 1.165) is 11.1 Å². The number of hydrogen-bond donors (Lipinski definition) is 1. The van der Waals surface area contributed by atoms with Crippen molar-refractivity contribution in [3.05, 3.63) is 64.7 Å². The van der Waals surface area contributed by atoms with Gasteiger partial charge in [0.15, 0.2) is 0 Å². The minimum atomic E-state index is -3.57. The van der Waals surface area contributed by atoms with Crippen molar-refractivity contribution in [3.8, 4) is 6.07 Å². The summed E-state index contributed by atoms with van der Waals surface area (Å²) in [6.07, 6.45) is 0. The van der Waals surface area contributed by atoms with E-state index in [0.29, 0.717) is 16.8 Å². The molecule has 2 aromatic rings. The second-order valence-corrected chi connectivity index (χ2v) is 6.62. The first-order valence-electron chi connectivity index (χ1n) is 6.47. The van der Waals surface area contributed by atoms with Gasteiger partial charge in [-0.2, -0.15) is 5.26 Å². The largest absolute Gasteiger partial charge is 0.283 e. The molecule has 0 spiro atoms. The number of anilines is 1. The second kappa shape index (κ2) is 5.98. The van der Waals surface area contributed by atoms with E-state index in [4.69, 9.17) is 5.26 Å². The zero-order valence-corrected chi connectivity index (χ0v) is 12.7. The Bertz CT molecular complexity index is 785. The van der Waals surface area contributed by atoms with E-state index in [2.05, 4.69) is 4.72 Å². The zero-order valence-electron chi connectivity index (χ0n) is 11.9. The predicted molar refractivity (Wildman–Crippen MR) is 83.3 cm³/mol. The highest BCUT2D eigenvalue weighted by Crippen LogP contribution is 2.22. The van der Waals surface area contributed by atoms with Gasteiger partial charge in [0.25, 0.3) is 0 Å². The summed E-state index contributed by atoms with van der Waals surface area (Å²) in [4.78, 5) is 0. The van der Waals surface area contributed by atoms with Crippen molar-refractivity contribution in [2.24, 2.45) is 0 Å². The van der Waals surface area contributed by atoms with Gasteiger partial charge in [0.2, 0.25) is 10.0 Å². The van der Waals surface area contributed by atoms with Crippen LogP contribution in [0, 0.1) is 25.2 Å².